The Kier molecular flexibility index (Phi) is 6.57. The number of sulfonamides is 1. The maximum Gasteiger partial charge on any atom is 0.213 e. The van der Waals surface area contributed by atoms with Crippen LogP contribution in [0.3, 0.4) is 0 Å². The fraction of sp³-hybridized carbons (Fsp3) is 0.167. The lowest BCUT2D eigenvalue weighted by Crippen LogP contribution is -2.26. The summed E-state index contributed by atoms with van der Waals surface area (Å²) in [5.41, 5.74) is 13.7. The van der Waals surface area contributed by atoms with Gasteiger partial charge in [0.15, 0.2) is 5.82 Å². The molecular weight excluding hydrogens is 522 g/mol. The molecule has 0 radical (unpaired) electrons. The molecule has 10 heteroatoms. The average Bonchev–Trinajstić information content (AvgIpc) is 3.54. The number of benzene rings is 3. The maximum absolute atomic E-state index is 12.3. The van der Waals surface area contributed by atoms with E-state index in [0.29, 0.717) is 24.3 Å². The van der Waals surface area contributed by atoms with Crippen LogP contribution in [0.1, 0.15) is 11.1 Å². The fourth-order valence-corrected chi connectivity index (χ4v) is 5.75. The first kappa shape index (κ1) is 25.7. The van der Waals surface area contributed by atoms with Gasteiger partial charge in [0.2, 0.25) is 10.0 Å². The van der Waals surface area contributed by atoms with Crippen LogP contribution in [0.25, 0.3) is 38.8 Å². The molecule has 2 N–H and O–H groups in total. The molecule has 202 valence electrons. The monoisotopic (exact) mass is 551 g/mol. The van der Waals surface area contributed by atoms with Gasteiger partial charge in [-0.05, 0) is 41.3 Å². The Labute approximate surface area is 232 Å². The molecule has 0 fully saturated rings. The van der Waals surface area contributed by atoms with Gasteiger partial charge in [0, 0.05) is 36.8 Å². The van der Waals surface area contributed by atoms with Gasteiger partial charge in [-0.3, -0.25) is 4.68 Å². The Morgan fingerprint density at radius 2 is 1.70 bits per heavy atom. The molecule has 0 saturated heterocycles. The summed E-state index contributed by atoms with van der Waals surface area (Å²) >= 11 is 0. The Balaban J connectivity index is 1.38. The van der Waals surface area contributed by atoms with Gasteiger partial charge in [0.05, 0.1) is 23.5 Å². The van der Waals surface area contributed by atoms with Crippen molar-refractivity contribution in [3.63, 3.8) is 0 Å². The molecule has 0 aliphatic rings. The molecule has 6 rings (SSSR count). The lowest BCUT2D eigenvalue weighted by atomic mass is 10.0. The maximum atomic E-state index is 12.3. The Morgan fingerprint density at radius 1 is 0.900 bits per heavy atom. The highest BCUT2D eigenvalue weighted by Gasteiger charge is 2.18. The van der Waals surface area contributed by atoms with Gasteiger partial charge < -0.3 is 5.73 Å². The highest BCUT2D eigenvalue weighted by atomic mass is 32.2. The summed E-state index contributed by atoms with van der Waals surface area (Å²) in [6, 6.07) is 26.3. The number of hydrogen-bond acceptors (Lipinski definition) is 6. The number of aromatic nitrogens is 5. The van der Waals surface area contributed by atoms with Crippen molar-refractivity contribution < 1.29 is 8.42 Å². The van der Waals surface area contributed by atoms with Crippen LogP contribution in [0.5, 0.6) is 0 Å². The lowest BCUT2D eigenvalue weighted by Gasteiger charge is -2.11. The van der Waals surface area contributed by atoms with Crippen molar-refractivity contribution >= 4 is 32.3 Å². The Bertz CT molecular complexity index is 1940. The largest absolute Gasteiger partial charge is 0.382 e. The minimum Gasteiger partial charge on any atom is -0.382 e. The topological polar surface area (TPSA) is 111 Å². The average molecular weight is 552 g/mol. The van der Waals surface area contributed by atoms with Gasteiger partial charge in [-0.25, -0.2) is 22.2 Å². The molecule has 0 saturated carbocycles. The van der Waals surface area contributed by atoms with E-state index in [9.17, 15) is 8.42 Å². The van der Waals surface area contributed by atoms with Crippen LogP contribution in [0.4, 0.5) is 5.82 Å². The Hall–Kier alpha value is -4.54. The van der Waals surface area contributed by atoms with Gasteiger partial charge in [-0.2, -0.15) is 10.2 Å². The normalized spacial score (nSPS) is 12.1. The zero-order valence-electron chi connectivity index (χ0n) is 22.3. The molecule has 0 bridgehead atoms. The van der Waals surface area contributed by atoms with E-state index >= 15 is 0 Å². The predicted octanol–water partition coefficient (Wildman–Crippen LogP) is 4.48. The third-order valence-corrected chi connectivity index (χ3v) is 8.90. The molecule has 3 aromatic carbocycles. The summed E-state index contributed by atoms with van der Waals surface area (Å²) in [6.07, 6.45) is 3.90. The first-order valence-corrected chi connectivity index (χ1v) is 14.5. The standard InChI is InChI=1S/C30H29N7O2S/c1-35(2)40(38,39)14-13-21-9-6-10-24(15-21)28-17-26(29-30(31)32-20-33-37(28)29)23-11-12-25-19-36(34-27(25)16-23)18-22-7-4-3-5-8-22/h3-12,15-17,19-20H,13-14,18H2,1-2H3,(H2,31,32,33). The SMILES string of the molecule is CN(C)S(=O)(=O)CCc1cccc(-c2cc(-c3ccc4cn(Cc5ccccc5)nc4c3)c3c(N)ncnn23)c1. The van der Waals surface area contributed by atoms with Gasteiger partial charge in [0.1, 0.15) is 11.8 Å². The summed E-state index contributed by atoms with van der Waals surface area (Å²) in [6.45, 7) is 0.692. The summed E-state index contributed by atoms with van der Waals surface area (Å²) in [7, 11) is -0.195. The molecule has 6 aromatic rings. The highest BCUT2D eigenvalue weighted by molar-refractivity contribution is 7.89. The second-order valence-corrected chi connectivity index (χ2v) is 12.3. The van der Waals surface area contributed by atoms with Crippen molar-refractivity contribution in [3.05, 3.63) is 103 Å². The quantitative estimate of drug-likeness (QED) is 0.299. The van der Waals surface area contributed by atoms with Crippen LogP contribution in [-0.2, 0) is 23.0 Å². The van der Waals surface area contributed by atoms with E-state index in [1.165, 1.54) is 16.2 Å². The third kappa shape index (κ3) is 4.94. The second-order valence-electron chi connectivity index (χ2n) is 9.98. The van der Waals surface area contributed by atoms with Crippen molar-refractivity contribution in [2.45, 2.75) is 13.0 Å². The van der Waals surface area contributed by atoms with Crippen LogP contribution in [0.2, 0.25) is 0 Å². The number of nitrogens with two attached hydrogens (primary N) is 1. The third-order valence-electron chi connectivity index (χ3n) is 7.06. The van der Waals surface area contributed by atoms with Crippen LogP contribution in [0.15, 0.2) is 91.4 Å². The minimum absolute atomic E-state index is 0.0374. The van der Waals surface area contributed by atoms with E-state index in [-0.39, 0.29) is 5.75 Å². The first-order chi connectivity index (χ1) is 19.3. The van der Waals surface area contributed by atoms with Crippen molar-refractivity contribution in [2.75, 3.05) is 25.6 Å². The molecule has 9 nitrogen and oxygen atoms in total. The molecule has 3 heterocycles. The molecule has 0 aliphatic heterocycles. The number of fused-ring (bicyclic) bond motifs is 2. The van der Waals surface area contributed by atoms with Gasteiger partial charge in [-0.15, -0.1) is 0 Å². The molecule has 0 atom stereocenters. The predicted molar refractivity (Wildman–Crippen MR) is 158 cm³/mol. The molecule has 0 aliphatic carbocycles. The van der Waals surface area contributed by atoms with Gasteiger partial charge >= 0.3 is 0 Å². The summed E-state index contributed by atoms with van der Waals surface area (Å²) < 4.78 is 29.6. The van der Waals surface area contributed by atoms with Crippen molar-refractivity contribution in [3.8, 4) is 22.4 Å². The zero-order valence-corrected chi connectivity index (χ0v) is 23.1. The summed E-state index contributed by atoms with van der Waals surface area (Å²) in [5.74, 6) is 0.412. The summed E-state index contributed by atoms with van der Waals surface area (Å²) in [5, 5.41) is 10.4. The number of nitrogens with zero attached hydrogens (tertiary/aromatic N) is 6. The lowest BCUT2D eigenvalue weighted by molar-refractivity contribution is 0.520. The number of aryl methyl sites for hydroxylation is 1. The van der Waals surface area contributed by atoms with E-state index in [0.717, 1.165) is 38.9 Å². The molecule has 0 amide bonds. The van der Waals surface area contributed by atoms with E-state index < -0.39 is 10.0 Å². The molecule has 0 spiro atoms. The smallest absolute Gasteiger partial charge is 0.213 e. The summed E-state index contributed by atoms with van der Waals surface area (Å²) in [4.78, 5) is 4.26. The number of rotatable bonds is 8. The molecule has 3 aromatic heterocycles. The van der Waals surface area contributed by atoms with E-state index in [2.05, 4.69) is 52.7 Å². The van der Waals surface area contributed by atoms with Crippen LogP contribution >= 0.6 is 0 Å². The molecule has 40 heavy (non-hydrogen) atoms. The zero-order chi connectivity index (χ0) is 27.9. The number of hydrogen-bond donors (Lipinski definition) is 1. The molecular formula is C30H29N7O2S. The molecule has 0 unspecified atom stereocenters. The highest BCUT2D eigenvalue weighted by Crippen LogP contribution is 2.36. The fourth-order valence-electron chi connectivity index (χ4n) is 4.90. The van der Waals surface area contributed by atoms with Gasteiger partial charge in [0.25, 0.3) is 0 Å². The van der Waals surface area contributed by atoms with Gasteiger partial charge in [-0.1, -0.05) is 60.7 Å². The second kappa shape index (κ2) is 10.2. The first-order valence-electron chi connectivity index (χ1n) is 12.9. The van der Waals surface area contributed by atoms with E-state index in [1.807, 2.05) is 47.1 Å². The van der Waals surface area contributed by atoms with Crippen LogP contribution in [0, 0.1) is 0 Å². The minimum atomic E-state index is -3.30. The van der Waals surface area contributed by atoms with E-state index in [4.69, 9.17) is 10.8 Å². The van der Waals surface area contributed by atoms with E-state index in [1.54, 1.807) is 18.6 Å². The van der Waals surface area contributed by atoms with Crippen LogP contribution < -0.4 is 5.73 Å². The Morgan fingerprint density at radius 3 is 2.50 bits per heavy atom. The van der Waals surface area contributed by atoms with Crippen molar-refractivity contribution in [1.29, 1.82) is 0 Å². The van der Waals surface area contributed by atoms with Crippen LogP contribution in [-0.4, -0.2) is 56.9 Å². The number of anilines is 1. The van der Waals surface area contributed by atoms with Crippen molar-refractivity contribution in [2.24, 2.45) is 0 Å². The number of nitrogen functional groups attached to an aromatic ring is 1. The van der Waals surface area contributed by atoms with Crippen molar-refractivity contribution in [1.82, 2.24) is 28.7 Å².